The molecule has 2 heterocycles. The molecule has 1 aromatic heterocycles. The van der Waals surface area contributed by atoms with Crippen LogP contribution >= 0.6 is 38.9 Å². The summed E-state index contributed by atoms with van der Waals surface area (Å²) in [5.74, 6) is -0.401. The van der Waals surface area contributed by atoms with E-state index in [1.165, 1.54) is 17.4 Å². The summed E-state index contributed by atoms with van der Waals surface area (Å²) in [6.07, 6.45) is 1.08. The molecule has 6 heteroatoms. The van der Waals surface area contributed by atoms with Crippen LogP contribution in [0.15, 0.2) is 24.3 Å². The van der Waals surface area contributed by atoms with E-state index in [-0.39, 0.29) is 16.6 Å². The minimum atomic E-state index is -0.336. The summed E-state index contributed by atoms with van der Waals surface area (Å²) >= 11 is 10.9. The molecule has 1 N–H and O–H groups in total. The van der Waals surface area contributed by atoms with E-state index in [1.807, 2.05) is 12.1 Å². The molecule has 1 amide bonds. The molecular weight excluding hydrogens is 365 g/mol. The van der Waals surface area contributed by atoms with Crippen molar-refractivity contribution < 1.29 is 9.18 Å². The van der Waals surface area contributed by atoms with Crippen molar-refractivity contribution >= 4 is 50.5 Å². The van der Waals surface area contributed by atoms with Crippen molar-refractivity contribution in [2.24, 2.45) is 0 Å². The average molecular weight is 375 g/mol. The summed E-state index contributed by atoms with van der Waals surface area (Å²) in [5.41, 5.74) is 2.11. The van der Waals surface area contributed by atoms with Crippen molar-refractivity contribution in [2.75, 3.05) is 5.32 Å². The van der Waals surface area contributed by atoms with Gasteiger partial charge >= 0.3 is 0 Å². The Bertz CT molecular complexity index is 688. The highest BCUT2D eigenvalue weighted by atomic mass is 79.9. The first-order valence-electron chi connectivity index (χ1n) is 6.06. The van der Waals surface area contributed by atoms with Crippen molar-refractivity contribution in [1.29, 1.82) is 0 Å². The molecule has 1 aromatic carbocycles. The number of carbonyl (C=O) groups is 1. The van der Waals surface area contributed by atoms with Crippen LogP contribution in [0.5, 0.6) is 0 Å². The summed E-state index contributed by atoms with van der Waals surface area (Å²) < 4.78 is 14.9. The second-order valence-corrected chi connectivity index (χ2v) is 7.25. The average Bonchev–Trinajstić information content (AvgIpc) is 2.84. The number of benzene rings is 1. The Kier molecular flexibility index (Phi) is 3.84. The first kappa shape index (κ1) is 14.0. The predicted molar refractivity (Wildman–Crippen MR) is 83.4 cm³/mol. The fourth-order valence-electron chi connectivity index (χ4n) is 2.23. The number of hydrogen-bond donors (Lipinski definition) is 1. The SMILES string of the molecule is O=C1CCc2cc(C(Br)c3ccc(Cl)s3)c(F)cc2N1. The van der Waals surface area contributed by atoms with Gasteiger partial charge in [0.2, 0.25) is 5.91 Å². The molecular formula is C14H10BrClFNOS. The lowest BCUT2D eigenvalue weighted by Crippen LogP contribution is -2.19. The summed E-state index contributed by atoms with van der Waals surface area (Å²) in [5, 5.41) is 2.70. The molecule has 1 aliphatic rings. The Hall–Kier alpha value is -0.910. The van der Waals surface area contributed by atoms with E-state index in [4.69, 9.17) is 11.6 Å². The summed E-state index contributed by atoms with van der Waals surface area (Å²) in [6.45, 7) is 0. The quantitative estimate of drug-likeness (QED) is 0.744. The third kappa shape index (κ3) is 2.62. The van der Waals surface area contributed by atoms with Crippen LogP contribution in [0, 0.1) is 5.82 Å². The summed E-state index contributed by atoms with van der Waals surface area (Å²) in [4.78, 5) is 12.0. The van der Waals surface area contributed by atoms with Crippen LogP contribution in [0.2, 0.25) is 4.34 Å². The molecule has 1 atom stereocenters. The zero-order valence-corrected chi connectivity index (χ0v) is 13.4. The van der Waals surface area contributed by atoms with E-state index < -0.39 is 0 Å². The first-order valence-corrected chi connectivity index (χ1v) is 8.17. The zero-order valence-electron chi connectivity index (χ0n) is 10.3. The molecule has 104 valence electrons. The molecule has 0 spiro atoms. The van der Waals surface area contributed by atoms with Crippen molar-refractivity contribution in [3.05, 3.63) is 50.4 Å². The van der Waals surface area contributed by atoms with E-state index in [1.54, 1.807) is 6.07 Å². The first-order chi connectivity index (χ1) is 9.54. The molecule has 1 unspecified atom stereocenters. The molecule has 0 aliphatic carbocycles. The number of amides is 1. The Morgan fingerprint density at radius 1 is 1.35 bits per heavy atom. The van der Waals surface area contributed by atoms with E-state index >= 15 is 0 Å². The molecule has 0 bridgehead atoms. The normalized spacial score (nSPS) is 15.7. The number of rotatable bonds is 2. The number of aryl methyl sites for hydroxylation is 1. The monoisotopic (exact) mass is 373 g/mol. The van der Waals surface area contributed by atoms with Gasteiger partial charge in [-0.25, -0.2) is 4.39 Å². The highest BCUT2D eigenvalue weighted by Crippen LogP contribution is 2.39. The lowest BCUT2D eigenvalue weighted by Gasteiger charge is -2.19. The Labute approximate surface area is 133 Å². The largest absolute Gasteiger partial charge is 0.326 e. The molecule has 0 radical (unpaired) electrons. The number of carbonyl (C=O) groups excluding carboxylic acids is 1. The van der Waals surface area contributed by atoms with Gasteiger partial charge in [0.15, 0.2) is 0 Å². The van der Waals surface area contributed by atoms with Gasteiger partial charge in [-0.3, -0.25) is 4.79 Å². The van der Waals surface area contributed by atoms with Gasteiger partial charge in [-0.1, -0.05) is 27.5 Å². The molecule has 0 fully saturated rings. The maximum atomic E-state index is 14.2. The Balaban J connectivity index is 2.00. The summed E-state index contributed by atoms with van der Waals surface area (Å²) in [6, 6.07) is 6.89. The third-order valence-electron chi connectivity index (χ3n) is 3.23. The highest BCUT2D eigenvalue weighted by molar-refractivity contribution is 9.09. The predicted octanol–water partition coefficient (Wildman–Crippen LogP) is 4.91. The molecule has 0 saturated heterocycles. The van der Waals surface area contributed by atoms with Crippen LogP contribution in [0.1, 0.15) is 27.3 Å². The standard InChI is InChI=1S/C14H10BrClFNOS/c15-14(11-2-3-12(16)20-11)8-5-7-1-4-13(19)18-10(7)6-9(8)17/h2-3,5-6,14H,1,4H2,(H,18,19). The van der Waals surface area contributed by atoms with E-state index in [0.717, 1.165) is 10.4 Å². The Morgan fingerprint density at radius 2 is 2.15 bits per heavy atom. The van der Waals surface area contributed by atoms with Gasteiger partial charge in [-0.05, 0) is 36.2 Å². The number of thiophene rings is 1. The van der Waals surface area contributed by atoms with Gasteiger partial charge in [0, 0.05) is 22.5 Å². The second kappa shape index (κ2) is 5.47. The maximum Gasteiger partial charge on any atom is 0.224 e. The van der Waals surface area contributed by atoms with Gasteiger partial charge in [0.05, 0.1) is 9.16 Å². The van der Waals surface area contributed by atoms with Crippen LogP contribution in [0.4, 0.5) is 10.1 Å². The lowest BCUT2D eigenvalue weighted by atomic mass is 9.98. The molecule has 2 nitrogen and oxygen atoms in total. The number of fused-ring (bicyclic) bond motifs is 1. The number of alkyl halides is 1. The molecule has 1 aliphatic heterocycles. The van der Waals surface area contributed by atoms with Crippen LogP contribution in [0.3, 0.4) is 0 Å². The Morgan fingerprint density at radius 3 is 2.85 bits per heavy atom. The minimum absolute atomic E-state index is 0.0647. The van der Waals surface area contributed by atoms with E-state index in [2.05, 4.69) is 21.2 Å². The smallest absolute Gasteiger partial charge is 0.224 e. The van der Waals surface area contributed by atoms with Gasteiger partial charge in [0.25, 0.3) is 0 Å². The van der Waals surface area contributed by atoms with Crippen LogP contribution in [-0.4, -0.2) is 5.91 Å². The van der Waals surface area contributed by atoms with Gasteiger partial charge in [-0.15, -0.1) is 11.3 Å². The highest BCUT2D eigenvalue weighted by Gasteiger charge is 2.22. The maximum absolute atomic E-state index is 14.2. The molecule has 20 heavy (non-hydrogen) atoms. The zero-order chi connectivity index (χ0) is 14.3. The third-order valence-corrected chi connectivity index (χ3v) is 5.82. The van der Waals surface area contributed by atoms with Crippen LogP contribution < -0.4 is 5.32 Å². The van der Waals surface area contributed by atoms with Crippen molar-refractivity contribution in [1.82, 2.24) is 0 Å². The van der Waals surface area contributed by atoms with Crippen LogP contribution in [-0.2, 0) is 11.2 Å². The van der Waals surface area contributed by atoms with Crippen LogP contribution in [0.25, 0.3) is 0 Å². The number of hydrogen-bond acceptors (Lipinski definition) is 2. The fraction of sp³-hybridized carbons (Fsp3) is 0.214. The lowest BCUT2D eigenvalue weighted by molar-refractivity contribution is -0.116. The van der Waals surface area contributed by atoms with Gasteiger partial charge in [-0.2, -0.15) is 0 Å². The number of nitrogens with one attached hydrogen (secondary N) is 1. The fourth-order valence-corrected chi connectivity index (χ4v) is 4.08. The van der Waals surface area contributed by atoms with Gasteiger partial charge < -0.3 is 5.32 Å². The van der Waals surface area contributed by atoms with Crippen molar-refractivity contribution in [3.63, 3.8) is 0 Å². The molecule has 2 aromatic rings. The number of halogens is 3. The summed E-state index contributed by atoms with van der Waals surface area (Å²) in [7, 11) is 0. The van der Waals surface area contributed by atoms with E-state index in [0.29, 0.717) is 28.4 Å². The number of anilines is 1. The van der Waals surface area contributed by atoms with Crippen molar-refractivity contribution in [3.8, 4) is 0 Å². The van der Waals surface area contributed by atoms with E-state index in [9.17, 15) is 9.18 Å². The van der Waals surface area contributed by atoms with Crippen molar-refractivity contribution in [2.45, 2.75) is 17.7 Å². The second-order valence-electron chi connectivity index (χ2n) is 4.58. The molecule has 3 rings (SSSR count). The minimum Gasteiger partial charge on any atom is -0.326 e. The molecule has 0 saturated carbocycles. The van der Waals surface area contributed by atoms with Gasteiger partial charge in [0.1, 0.15) is 5.82 Å². The topological polar surface area (TPSA) is 29.1 Å².